The molecule has 0 aliphatic heterocycles. The first-order valence-corrected chi connectivity index (χ1v) is 6.71. The zero-order valence-corrected chi connectivity index (χ0v) is 11.7. The molecule has 0 radical (unpaired) electrons. The molecule has 0 aliphatic rings. The van der Waals surface area contributed by atoms with Gasteiger partial charge in [0.25, 0.3) is 0 Å². The van der Waals surface area contributed by atoms with E-state index in [2.05, 4.69) is 27.6 Å². The summed E-state index contributed by atoms with van der Waals surface area (Å²) in [7, 11) is 1.95. The number of imidazole rings is 1. The summed E-state index contributed by atoms with van der Waals surface area (Å²) in [6.45, 7) is 2.82. The minimum Gasteiger partial charge on any atom is -0.322 e. The Labute approximate surface area is 116 Å². The molecule has 0 spiro atoms. The van der Waals surface area contributed by atoms with E-state index in [-0.39, 0.29) is 0 Å². The highest BCUT2D eigenvalue weighted by Crippen LogP contribution is 2.20. The predicted molar refractivity (Wildman–Crippen MR) is 76.3 cm³/mol. The topological polar surface area (TPSA) is 35.6 Å². The summed E-state index contributed by atoms with van der Waals surface area (Å²) in [5.41, 5.74) is 4.46. The number of aryl methyl sites for hydroxylation is 1. The first-order valence-electron chi connectivity index (χ1n) is 6.18. The summed E-state index contributed by atoms with van der Waals surface area (Å²) in [6, 6.07) is 8.10. The fourth-order valence-electron chi connectivity index (χ4n) is 2.27. The van der Waals surface area contributed by atoms with Gasteiger partial charge in [0, 0.05) is 18.3 Å². The van der Waals surface area contributed by atoms with Crippen LogP contribution in [-0.4, -0.2) is 19.3 Å². The van der Waals surface area contributed by atoms with E-state index in [0.29, 0.717) is 5.88 Å². The number of fused-ring (bicyclic) bond motifs is 1. The number of aromatic nitrogens is 4. The lowest BCUT2D eigenvalue weighted by Gasteiger charge is -2.07. The van der Waals surface area contributed by atoms with Crippen LogP contribution in [0.2, 0.25) is 0 Å². The maximum atomic E-state index is 6.01. The molecule has 0 N–H and O–H groups in total. The molecule has 1 aromatic carbocycles. The van der Waals surface area contributed by atoms with Gasteiger partial charge in [-0.2, -0.15) is 5.10 Å². The molecule has 5 heteroatoms. The Morgan fingerprint density at radius 2 is 2.05 bits per heavy atom. The number of halogens is 1. The second-order valence-corrected chi connectivity index (χ2v) is 4.88. The van der Waals surface area contributed by atoms with Crippen molar-refractivity contribution in [2.75, 3.05) is 0 Å². The number of nitrogens with zero attached hydrogens (tertiary/aromatic N) is 4. The van der Waals surface area contributed by atoms with Gasteiger partial charge >= 0.3 is 0 Å². The highest BCUT2D eigenvalue weighted by molar-refractivity contribution is 6.16. The Morgan fingerprint density at radius 3 is 2.74 bits per heavy atom. The van der Waals surface area contributed by atoms with Crippen molar-refractivity contribution in [3.8, 4) is 0 Å². The number of hydrogen-bond donors (Lipinski definition) is 0. The first kappa shape index (κ1) is 12.2. The summed E-state index contributed by atoms with van der Waals surface area (Å²) in [5.74, 6) is 1.31. The van der Waals surface area contributed by atoms with Gasteiger partial charge in [-0.25, -0.2) is 4.98 Å². The molecule has 19 heavy (non-hydrogen) atoms. The van der Waals surface area contributed by atoms with Crippen LogP contribution in [0.3, 0.4) is 0 Å². The molecule has 0 saturated heterocycles. The van der Waals surface area contributed by atoms with Gasteiger partial charge in [0.1, 0.15) is 5.82 Å². The number of hydrogen-bond acceptors (Lipinski definition) is 2. The third-order valence-electron chi connectivity index (χ3n) is 3.52. The average molecular weight is 275 g/mol. The van der Waals surface area contributed by atoms with Crippen molar-refractivity contribution >= 4 is 22.6 Å². The van der Waals surface area contributed by atoms with Crippen LogP contribution in [0.1, 0.15) is 17.1 Å². The van der Waals surface area contributed by atoms with Crippen molar-refractivity contribution in [1.82, 2.24) is 19.3 Å². The maximum Gasteiger partial charge on any atom is 0.125 e. The summed E-state index contributed by atoms with van der Waals surface area (Å²) >= 11 is 6.01. The molecule has 2 heterocycles. The molecule has 3 aromatic rings. The van der Waals surface area contributed by atoms with Gasteiger partial charge in [-0.05, 0) is 19.1 Å². The van der Waals surface area contributed by atoms with Gasteiger partial charge in [0.15, 0.2) is 0 Å². The van der Waals surface area contributed by atoms with E-state index in [4.69, 9.17) is 11.6 Å². The molecule has 0 unspecified atom stereocenters. The molecule has 0 fully saturated rings. The summed E-state index contributed by atoms with van der Waals surface area (Å²) in [4.78, 5) is 4.57. The van der Waals surface area contributed by atoms with Crippen molar-refractivity contribution in [2.24, 2.45) is 7.05 Å². The second kappa shape index (κ2) is 4.70. The van der Waals surface area contributed by atoms with Crippen molar-refractivity contribution < 1.29 is 0 Å². The monoisotopic (exact) mass is 274 g/mol. The Balaban J connectivity index is 2.11. The molecule has 0 aliphatic carbocycles. The van der Waals surface area contributed by atoms with E-state index in [1.165, 1.54) is 11.3 Å². The quantitative estimate of drug-likeness (QED) is 0.689. The van der Waals surface area contributed by atoms with Crippen LogP contribution in [0.15, 0.2) is 30.5 Å². The van der Waals surface area contributed by atoms with Crippen LogP contribution < -0.4 is 0 Å². The molecule has 0 amide bonds. The number of alkyl halides is 1. The zero-order chi connectivity index (χ0) is 13.4. The standard InChI is InChI=1S/C14H15ClN4/c1-10-11(8-16-18(10)2)9-19-13-6-4-3-5-12(13)17-14(19)7-15/h3-6,8H,7,9H2,1-2H3. The second-order valence-electron chi connectivity index (χ2n) is 4.62. The minimum atomic E-state index is 0.411. The molecule has 4 nitrogen and oxygen atoms in total. The molecule has 0 saturated carbocycles. The van der Waals surface area contributed by atoms with E-state index < -0.39 is 0 Å². The molecule has 0 atom stereocenters. The first-order chi connectivity index (χ1) is 9.20. The van der Waals surface area contributed by atoms with E-state index in [9.17, 15) is 0 Å². The largest absolute Gasteiger partial charge is 0.322 e. The Bertz CT molecular complexity index is 726. The van der Waals surface area contributed by atoms with Crippen LogP contribution in [0.25, 0.3) is 11.0 Å². The van der Waals surface area contributed by atoms with Gasteiger partial charge < -0.3 is 4.57 Å². The Kier molecular flexibility index (Phi) is 3.03. The van der Waals surface area contributed by atoms with Gasteiger partial charge in [-0.15, -0.1) is 11.6 Å². The molecule has 0 bridgehead atoms. The van der Waals surface area contributed by atoms with Crippen LogP contribution in [0.4, 0.5) is 0 Å². The molecule has 3 rings (SSSR count). The van der Waals surface area contributed by atoms with E-state index >= 15 is 0 Å². The van der Waals surface area contributed by atoms with Crippen LogP contribution >= 0.6 is 11.6 Å². The lowest BCUT2D eigenvalue weighted by Crippen LogP contribution is -2.05. The SMILES string of the molecule is Cc1c(Cn2c(CCl)nc3ccccc32)cnn1C. The van der Waals surface area contributed by atoms with Gasteiger partial charge in [-0.3, -0.25) is 4.68 Å². The Hall–Kier alpha value is -1.81. The smallest absolute Gasteiger partial charge is 0.125 e. The fourth-order valence-corrected chi connectivity index (χ4v) is 2.48. The van der Waals surface area contributed by atoms with Crippen molar-refractivity contribution in [3.05, 3.63) is 47.5 Å². The van der Waals surface area contributed by atoms with E-state index in [0.717, 1.165) is 23.4 Å². The lowest BCUT2D eigenvalue weighted by molar-refractivity contribution is 0.729. The third kappa shape index (κ3) is 2.02. The predicted octanol–water partition coefficient (Wildman–Crippen LogP) is 2.87. The summed E-state index contributed by atoms with van der Waals surface area (Å²) in [6.07, 6.45) is 1.90. The van der Waals surface area contributed by atoms with Crippen molar-refractivity contribution in [2.45, 2.75) is 19.3 Å². The Morgan fingerprint density at radius 1 is 1.26 bits per heavy atom. The van der Waals surface area contributed by atoms with Gasteiger partial charge in [-0.1, -0.05) is 12.1 Å². The maximum absolute atomic E-state index is 6.01. The summed E-state index contributed by atoms with van der Waals surface area (Å²) in [5, 5.41) is 4.28. The average Bonchev–Trinajstić information content (AvgIpc) is 2.94. The molecular formula is C14H15ClN4. The minimum absolute atomic E-state index is 0.411. The van der Waals surface area contributed by atoms with Crippen molar-refractivity contribution in [3.63, 3.8) is 0 Å². The lowest BCUT2D eigenvalue weighted by atomic mass is 10.2. The van der Waals surface area contributed by atoms with Crippen LogP contribution in [0, 0.1) is 6.92 Å². The fraction of sp³-hybridized carbons (Fsp3) is 0.286. The summed E-state index contributed by atoms with van der Waals surface area (Å²) < 4.78 is 4.04. The molecule has 2 aromatic heterocycles. The van der Waals surface area contributed by atoms with Gasteiger partial charge in [0.2, 0.25) is 0 Å². The normalized spacial score (nSPS) is 11.3. The highest BCUT2D eigenvalue weighted by atomic mass is 35.5. The van der Waals surface area contributed by atoms with Crippen molar-refractivity contribution in [1.29, 1.82) is 0 Å². The van der Waals surface area contributed by atoms with E-state index in [1.807, 2.05) is 36.1 Å². The number of para-hydroxylation sites is 2. The van der Waals surface area contributed by atoms with E-state index in [1.54, 1.807) is 0 Å². The third-order valence-corrected chi connectivity index (χ3v) is 3.76. The number of rotatable bonds is 3. The number of benzene rings is 1. The van der Waals surface area contributed by atoms with Crippen LogP contribution in [-0.2, 0) is 19.5 Å². The molecule has 98 valence electrons. The van der Waals surface area contributed by atoms with Gasteiger partial charge in [0.05, 0.1) is 29.7 Å². The highest BCUT2D eigenvalue weighted by Gasteiger charge is 2.12. The zero-order valence-electron chi connectivity index (χ0n) is 11.0. The molecular weight excluding hydrogens is 260 g/mol. The van der Waals surface area contributed by atoms with Crippen LogP contribution in [0.5, 0.6) is 0 Å².